The van der Waals surface area contributed by atoms with Crippen LogP contribution in [-0.2, 0) is 18.8 Å². The predicted molar refractivity (Wildman–Crippen MR) is 157 cm³/mol. The number of methoxy groups -OCH3 is 1. The van der Waals surface area contributed by atoms with E-state index < -0.39 is 22.9 Å². The Morgan fingerprint density at radius 2 is 0.949 bits per heavy atom. The number of hydrogen-bond donors (Lipinski definition) is 0. The molecule has 0 amide bonds. The van der Waals surface area contributed by atoms with Crippen molar-refractivity contribution in [3.63, 3.8) is 0 Å². The van der Waals surface area contributed by atoms with Crippen LogP contribution in [0.5, 0.6) is 0 Å². The van der Waals surface area contributed by atoms with Crippen LogP contribution in [0.3, 0.4) is 0 Å². The summed E-state index contributed by atoms with van der Waals surface area (Å²) in [6.45, 7) is -4.46. The summed E-state index contributed by atoms with van der Waals surface area (Å²) in [4.78, 5) is 12.1. The predicted octanol–water partition coefficient (Wildman–Crippen LogP) is 4.95. The van der Waals surface area contributed by atoms with Gasteiger partial charge in [-0.15, -0.1) is 0 Å². The first-order valence-electron chi connectivity index (χ1n) is 12.3. The monoisotopic (exact) mass is 554 g/mol. The molecule has 0 fully saturated rings. The van der Waals surface area contributed by atoms with Gasteiger partial charge in [0, 0.05) is 0 Å². The zero-order valence-electron chi connectivity index (χ0n) is 21.3. The van der Waals surface area contributed by atoms with Gasteiger partial charge >= 0.3 is 229 Å². The van der Waals surface area contributed by atoms with Gasteiger partial charge in [-0.2, -0.15) is 0 Å². The topological polar surface area (TPSA) is 69.7 Å². The van der Waals surface area contributed by atoms with Gasteiger partial charge in [-0.1, -0.05) is 0 Å². The number of carbonyl (C=O) groups excluding carboxylic acids is 1. The summed E-state index contributed by atoms with van der Waals surface area (Å²) >= 11 is 0. The molecule has 7 heteroatoms. The number of esters is 1. The summed E-state index contributed by atoms with van der Waals surface area (Å²) in [6.07, 6.45) is 0. The molecular formula is C32H27O5PS. The number of rotatable bonds is 8. The fourth-order valence-electron chi connectivity index (χ4n) is 5.05. The molecule has 0 spiro atoms. The average Bonchev–Trinajstić information content (AvgIpc) is 3.01. The van der Waals surface area contributed by atoms with Gasteiger partial charge in [-0.25, -0.2) is 0 Å². The SMILES string of the molecule is COC(=O)c1cccc(S(=O)(=O)OP(c2ccccc2)(c2ccccc2)(c2ccccc2)c2ccccc2)c1. The Balaban J connectivity index is 1.96. The molecule has 0 atom stereocenters. The van der Waals surface area contributed by atoms with E-state index in [0.29, 0.717) is 0 Å². The average molecular weight is 555 g/mol. The van der Waals surface area contributed by atoms with Gasteiger partial charge in [-0.05, 0) is 0 Å². The molecule has 39 heavy (non-hydrogen) atoms. The summed E-state index contributed by atoms with van der Waals surface area (Å²) in [5.74, 6) is -0.637. The van der Waals surface area contributed by atoms with Crippen LogP contribution in [0.25, 0.3) is 0 Å². The summed E-state index contributed by atoms with van der Waals surface area (Å²) in [6, 6.07) is 43.8. The van der Waals surface area contributed by atoms with E-state index in [2.05, 4.69) is 0 Å². The van der Waals surface area contributed by atoms with Crippen molar-refractivity contribution in [2.75, 3.05) is 7.11 Å². The van der Waals surface area contributed by atoms with E-state index >= 15 is 0 Å². The molecule has 5 nitrogen and oxygen atoms in total. The third kappa shape index (κ3) is 4.37. The first-order chi connectivity index (χ1) is 18.9. The van der Waals surface area contributed by atoms with Crippen molar-refractivity contribution in [2.24, 2.45) is 0 Å². The summed E-state index contributed by atoms with van der Waals surface area (Å²) < 4.78 is 40.6. The molecule has 0 N–H and O–H groups in total. The van der Waals surface area contributed by atoms with Crippen molar-refractivity contribution >= 4 is 44.1 Å². The van der Waals surface area contributed by atoms with Crippen LogP contribution in [0, 0.1) is 0 Å². The molecule has 0 aromatic heterocycles. The third-order valence-corrected chi connectivity index (χ3v) is 14.7. The number of benzene rings is 5. The molecule has 5 rings (SSSR count). The minimum absolute atomic E-state index is 0.112. The quantitative estimate of drug-likeness (QED) is 0.201. The van der Waals surface area contributed by atoms with E-state index in [9.17, 15) is 13.2 Å². The fraction of sp³-hybridized carbons (Fsp3) is 0.0312. The van der Waals surface area contributed by atoms with E-state index in [1.54, 1.807) is 0 Å². The van der Waals surface area contributed by atoms with Crippen LogP contribution in [0.4, 0.5) is 0 Å². The summed E-state index contributed by atoms with van der Waals surface area (Å²) in [7, 11) is -3.23. The van der Waals surface area contributed by atoms with Gasteiger partial charge in [-0.3, -0.25) is 0 Å². The standard InChI is InChI=1S/C32H27O5PS/c1-36-32(33)26-15-14-24-31(25-26)39(34,35)37-38(27-16-6-2-7-17-27,28-18-8-3-9-19-28,29-20-10-4-11-21-29)30-22-12-5-13-23-30/h2-25H,1H3. The van der Waals surface area contributed by atoms with Crippen molar-refractivity contribution in [3.05, 3.63) is 151 Å². The number of hydrogen-bond acceptors (Lipinski definition) is 5. The molecule has 5 aromatic carbocycles. The van der Waals surface area contributed by atoms with Crippen LogP contribution in [0.15, 0.2) is 150 Å². The molecule has 0 saturated carbocycles. The zero-order chi connectivity index (χ0) is 27.4. The summed E-state index contributed by atoms with van der Waals surface area (Å²) in [5, 5.41) is 2.89. The Morgan fingerprint density at radius 1 is 0.564 bits per heavy atom. The molecule has 5 aromatic rings. The fourth-order valence-corrected chi connectivity index (χ4v) is 13.6. The second kappa shape index (κ2) is 10.6. The normalized spacial score (nSPS) is 12.7. The first kappa shape index (κ1) is 26.5. The molecule has 0 unspecified atom stereocenters. The van der Waals surface area contributed by atoms with Crippen LogP contribution in [0.1, 0.15) is 10.4 Å². The second-order valence-electron chi connectivity index (χ2n) is 8.93. The van der Waals surface area contributed by atoms with Crippen molar-refractivity contribution in [1.29, 1.82) is 0 Å². The Bertz CT molecular complexity index is 1520. The zero-order valence-corrected chi connectivity index (χ0v) is 23.0. The number of ether oxygens (including phenoxy) is 1. The minimum atomic E-state index is -4.48. The Labute approximate surface area is 228 Å². The van der Waals surface area contributed by atoms with Crippen molar-refractivity contribution in [3.8, 4) is 0 Å². The molecule has 0 aliphatic heterocycles. The van der Waals surface area contributed by atoms with Crippen molar-refractivity contribution in [2.45, 2.75) is 4.90 Å². The molecule has 0 bridgehead atoms. The second-order valence-corrected chi connectivity index (χ2v) is 15.0. The van der Waals surface area contributed by atoms with E-state index in [0.717, 1.165) is 21.2 Å². The Morgan fingerprint density at radius 3 is 1.31 bits per heavy atom. The first-order valence-corrected chi connectivity index (χ1v) is 15.9. The maximum absolute atomic E-state index is 14.5. The van der Waals surface area contributed by atoms with E-state index in [1.165, 1.54) is 31.4 Å². The van der Waals surface area contributed by atoms with Crippen molar-refractivity contribution < 1.29 is 21.9 Å². The Hall–Kier alpha value is -4.09. The molecule has 0 heterocycles. The van der Waals surface area contributed by atoms with Gasteiger partial charge in [0.25, 0.3) is 0 Å². The molecule has 0 aliphatic rings. The van der Waals surface area contributed by atoms with Gasteiger partial charge in [0.05, 0.1) is 0 Å². The third-order valence-electron chi connectivity index (χ3n) is 6.79. The maximum atomic E-state index is 14.5. The van der Waals surface area contributed by atoms with E-state index in [-0.39, 0.29) is 10.5 Å². The van der Waals surface area contributed by atoms with Crippen LogP contribution >= 0.6 is 6.83 Å². The summed E-state index contributed by atoms with van der Waals surface area (Å²) in [5.41, 5.74) is 0.112. The molecular weight excluding hydrogens is 527 g/mol. The molecule has 0 radical (unpaired) electrons. The number of carbonyl (C=O) groups is 1. The van der Waals surface area contributed by atoms with Crippen molar-refractivity contribution in [1.82, 2.24) is 0 Å². The van der Waals surface area contributed by atoms with E-state index in [1.807, 2.05) is 121 Å². The van der Waals surface area contributed by atoms with Gasteiger partial charge in [0.1, 0.15) is 0 Å². The van der Waals surface area contributed by atoms with Crippen LogP contribution in [0.2, 0.25) is 0 Å². The van der Waals surface area contributed by atoms with Gasteiger partial charge in [0.15, 0.2) is 0 Å². The van der Waals surface area contributed by atoms with Gasteiger partial charge < -0.3 is 0 Å². The Kier molecular flexibility index (Phi) is 7.19. The van der Waals surface area contributed by atoms with Crippen LogP contribution < -0.4 is 21.2 Å². The van der Waals surface area contributed by atoms with Gasteiger partial charge in [0.2, 0.25) is 0 Å². The van der Waals surface area contributed by atoms with Crippen LogP contribution in [-0.4, -0.2) is 21.5 Å². The molecule has 196 valence electrons. The molecule has 0 aliphatic carbocycles. The molecule has 0 saturated heterocycles. The van der Waals surface area contributed by atoms with E-state index in [4.69, 9.17) is 8.71 Å².